The van der Waals surface area contributed by atoms with E-state index in [1.54, 1.807) is 6.92 Å². The third-order valence-electron chi connectivity index (χ3n) is 4.97. The lowest BCUT2D eigenvalue weighted by Gasteiger charge is -2.36. The highest BCUT2D eigenvalue weighted by Crippen LogP contribution is 2.36. The van der Waals surface area contributed by atoms with Crippen molar-refractivity contribution in [3.8, 4) is 0 Å². The smallest absolute Gasteiger partial charge is 0.316 e. The minimum atomic E-state index is -1.62. The van der Waals surface area contributed by atoms with Crippen LogP contribution in [0.2, 0.25) is 18.1 Å². The first-order valence-electron chi connectivity index (χ1n) is 9.34. The van der Waals surface area contributed by atoms with Gasteiger partial charge >= 0.3 is 5.97 Å². The molecular weight excluding hydrogens is 320 g/mol. The molecule has 0 fully saturated rings. The summed E-state index contributed by atoms with van der Waals surface area (Å²) in [4.78, 5) is 23.2. The maximum Gasteiger partial charge on any atom is 0.316 e. The number of hydrogen-bond donors (Lipinski definition) is 0. The zero-order valence-electron chi connectivity index (χ0n) is 16.9. The maximum absolute atomic E-state index is 11.7. The second kappa shape index (κ2) is 11.0. The van der Waals surface area contributed by atoms with E-state index < -0.39 is 14.2 Å². The zero-order valence-corrected chi connectivity index (χ0v) is 17.9. The van der Waals surface area contributed by atoms with Crippen molar-refractivity contribution in [2.24, 2.45) is 5.92 Å². The van der Waals surface area contributed by atoms with E-state index in [-0.39, 0.29) is 16.8 Å². The first-order valence-corrected chi connectivity index (χ1v) is 12.2. The fourth-order valence-corrected chi connectivity index (χ4v) is 3.34. The third-order valence-corrected chi connectivity index (χ3v) is 9.51. The molecule has 142 valence electrons. The zero-order chi connectivity index (χ0) is 18.8. The Morgan fingerprint density at radius 3 is 2.04 bits per heavy atom. The third kappa shape index (κ3) is 8.97. The molecule has 0 aliphatic rings. The Morgan fingerprint density at radius 2 is 1.54 bits per heavy atom. The predicted octanol–water partition coefficient (Wildman–Crippen LogP) is 5.12. The lowest BCUT2D eigenvalue weighted by Crippen LogP contribution is -2.40. The summed E-state index contributed by atoms with van der Waals surface area (Å²) < 4.78 is 11.1. The van der Waals surface area contributed by atoms with Crippen molar-refractivity contribution in [1.82, 2.24) is 0 Å². The van der Waals surface area contributed by atoms with Crippen molar-refractivity contribution in [3.63, 3.8) is 0 Å². The van der Waals surface area contributed by atoms with Gasteiger partial charge in [-0.15, -0.1) is 0 Å². The van der Waals surface area contributed by atoms with Crippen LogP contribution in [0, 0.1) is 5.92 Å². The summed E-state index contributed by atoms with van der Waals surface area (Å²) in [5, 5.41) is 0.266. The summed E-state index contributed by atoms with van der Waals surface area (Å²) in [5.41, 5.74) is 0. The number of ether oxygens (including phenoxy) is 1. The molecule has 0 aliphatic carbocycles. The molecule has 24 heavy (non-hydrogen) atoms. The average Bonchev–Trinajstić information content (AvgIpc) is 2.44. The number of hydrogen-bond acceptors (Lipinski definition) is 4. The normalized spacial score (nSPS) is 13.6. The molecule has 0 bridgehead atoms. The highest BCUT2D eigenvalue weighted by Gasteiger charge is 2.36. The van der Waals surface area contributed by atoms with Crippen molar-refractivity contribution in [2.75, 3.05) is 13.2 Å². The van der Waals surface area contributed by atoms with E-state index in [0.717, 1.165) is 38.7 Å². The van der Waals surface area contributed by atoms with Crippen LogP contribution in [0.4, 0.5) is 0 Å². The number of unbranched alkanes of at least 4 members (excludes halogenated alkanes) is 4. The average molecular weight is 359 g/mol. The van der Waals surface area contributed by atoms with Gasteiger partial charge in [0.05, 0.1) is 6.61 Å². The molecule has 0 aliphatic heterocycles. The van der Waals surface area contributed by atoms with Crippen LogP contribution in [0.25, 0.3) is 0 Å². The number of Topliss-reactive ketones (excluding diaryl/α,β-unsaturated/α-hetero) is 1. The Labute approximate surface area is 149 Å². The van der Waals surface area contributed by atoms with E-state index in [9.17, 15) is 9.59 Å². The van der Waals surface area contributed by atoms with Crippen molar-refractivity contribution < 1.29 is 18.8 Å². The first-order chi connectivity index (χ1) is 11.0. The molecule has 5 heteroatoms. The fourth-order valence-electron chi connectivity index (χ4n) is 2.25. The molecule has 0 amide bonds. The van der Waals surface area contributed by atoms with Gasteiger partial charge in [-0.3, -0.25) is 9.59 Å². The molecule has 0 rings (SSSR count). The van der Waals surface area contributed by atoms with E-state index in [1.165, 1.54) is 6.92 Å². The van der Waals surface area contributed by atoms with Crippen LogP contribution in [0.5, 0.6) is 0 Å². The summed E-state index contributed by atoms with van der Waals surface area (Å²) in [6, 6.07) is 0. The highest BCUT2D eigenvalue weighted by atomic mass is 28.4. The Kier molecular flexibility index (Phi) is 10.7. The fraction of sp³-hybridized carbons (Fsp3) is 0.895. The van der Waals surface area contributed by atoms with Crippen LogP contribution in [-0.2, 0) is 18.8 Å². The number of ketones is 1. The molecule has 0 aromatic carbocycles. The highest BCUT2D eigenvalue weighted by molar-refractivity contribution is 6.74. The largest absolute Gasteiger partial charge is 0.465 e. The van der Waals surface area contributed by atoms with Gasteiger partial charge in [0.2, 0.25) is 0 Å². The second-order valence-electron chi connectivity index (χ2n) is 8.08. The lowest BCUT2D eigenvalue weighted by atomic mass is 9.97. The number of carbonyl (C=O) groups excluding carboxylic acids is 2. The Hall–Kier alpha value is -0.683. The van der Waals surface area contributed by atoms with E-state index in [1.807, 2.05) is 0 Å². The minimum absolute atomic E-state index is 0.0868. The number of carbonyl (C=O) groups is 2. The van der Waals surface area contributed by atoms with Crippen LogP contribution in [0.1, 0.15) is 73.1 Å². The molecule has 0 aromatic rings. The van der Waals surface area contributed by atoms with Crippen LogP contribution in [0.15, 0.2) is 0 Å². The number of esters is 1. The van der Waals surface area contributed by atoms with Crippen molar-refractivity contribution >= 4 is 20.1 Å². The van der Waals surface area contributed by atoms with E-state index in [0.29, 0.717) is 13.0 Å². The molecule has 0 saturated carbocycles. The van der Waals surface area contributed by atoms with E-state index in [4.69, 9.17) is 9.16 Å². The van der Waals surface area contributed by atoms with Gasteiger partial charge in [0, 0.05) is 6.61 Å². The molecule has 0 saturated heterocycles. The molecule has 1 atom stereocenters. The SMILES string of the molecule is CCOC(=O)C(CCCCCCCO[Si](C)(C)C(C)(C)C)C(C)=O. The van der Waals surface area contributed by atoms with E-state index in [2.05, 4.69) is 33.9 Å². The van der Waals surface area contributed by atoms with Crippen molar-refractivity contribution in [3.05, 3.63) is 0 Å². The number of rotatable bonds is 12. The summed E-state index contributed by atoms with van der Waals surface area (Å²) in [6.07, 6.45) is 5.89. The van der Waals surface area contributed by atoms with Gasteiger partial charge in [0.25, 0.3) is 0 Å². The van der Waals surface area contributed by atoms with Gasteiger partial charge in [0.15, 0.2) is 8.32 Å². The van der Waals surface area contributed by atoms with Crippen LogP contribution >= 0.6 is 0 Å². The Balaban J connectivity index is 3.84. The Morgan fingerprint density at radius 1 is 1.00 bits per heavy atom. The first kappa shape index (κ1) is 23.3. The predicted molar refractivity (Wildman–Crippen MR) is 102 cm³/mol. The van der Waals surface area contributed by atoms with Gasteiger partial charge < -0.3 is 9.16 Å². The van der Waals surface area contributed by atoms with Crippen molar-refractivity contribution in [1.29, 1.82) is 0 Å². The van der Waals surface area contributed by atoms with Gasteiger partial charge in [0.1, 0.15) is 11.7 Å². The maximum atomic E-state index is 11.7. The summed E-state index contributed by atoms with van der Waals surface area (Å²) >= 11 is 0. The minimum Gasteiger partial charge on any atom is -0.465 e. The standard InChI is InChI=1S/C19H38O4Si/c1-8-22-18(21)17(16(2)20)14-12-10-9-11-13-15-23-24(6,7)19(3,4)5/h17H,8-15H2,1-7H3. The van der Waals surface area contributed by atoms with Gasteiger partial charge in [-0.25, -0.2) is 0 Å². The molecule has 1 unspecified atom stereocenters. The summed E-state index contributed by atoms with van der Waals surface area (Å²) in [7, 11) is -1.62. The quantitative estimate of drug-likeness (QED) is 0.210. The van der Waals surface area contributed by atoms with E-state index >= 15 is 0 Å². The topological polar surface area (TPSA) is 52.6 Å². The molecule has 0 radical (unpaired) electrons. The van der Waals surface area contributed by atoms with Crippen LogP contribution < -0.4 is 0 Å². The summed E-state index contributed by atoms with van der Waals surface area (Å²) in [6.45, 7) is 15.7. The molecule has 0 aromatic heterocycles. The van der Waals surface area contributed by atoms with Gasteiger partial charge in [-0.2, -0.15) is 0 Å². The monoisotopic (exact) mass is 358 g/mol. The van der Waals surface area contributed by atoms with Crippen LogP contribution in [-0.4, -0.2) is 33.3 Å². The van der Waals surface area contributed by atoms with Gasteiger partial charge in [-0.1, -0.05) is 46.5 Å². The van der Waals surface area contributed by atoms with Crippen LogP contribution in [0.3, 0.4) is 0 Å². The van der Waals surface area contributed by atoms with Crippen molar-refractivity contribution in [2.45, 2.75) is 91.3 Å². The molecular formula is C19H38O4Si. The Bertz CT molecular complexity index is 385. The van der Waals surface area contributed by atoms with Gasteiger partial charge in [-0.05, 0) is 44.8 Å². The molecule has 0 N–H and O–H groups in total. The lowest BCUT2D eigenvalue weighted by molar-refractivity contribution is -0.151. The molecule has 4 nitrogen and oxygen atoms in total. The molecule has 0 heterocycles. The molecule has 0 spiro atoms. The summed E-state index contributed by atoms with van der Waals surface area (Å²) in [5.74, 6) is -1.03. The second-order valence-corrected chi connectivity index (χ2v) is 12.9.